The first-order valence-corrected chi connectivity index (χ1v) is 5.75. The molecule has 0 bridgehead atoms. The van der Waals surface area contributed by atoms with Gasteiger partial charge in [-0.3, -0.25) is 9.59 Å². The van der Waals surface area contributed by atoms with Crippen molar-refractivity contribution in [2.24, 2.45) is 22.9 Å². The molecule has 2 fully saturated rings. The number of fused-ring (bicyclic) bond motifs is 1. The maximum atomic E-state index is 11.5. The molecule has 102 valence electrons. The number of aliphatic carboxylic acids is 2. The zero-order valence-electron chi connectivity index (χ0n) is 9.97. The van der Waals surface area contributed by atoms with Crippen LogP contribution >= 0.6 is 0 Å². The standard InChI is InChI=1S/C11H13N3O5/c1-2-3-19-6-4-5-7(9(15)16)8(5)11(6,10(17)18)13-14-12/h2,5-8H,1,3-4H2,(H,15,16)(H,17,18)/t5-,6+,7-,8-,11-/m0/s1. The highest BCUT2D eigenvalue weighted by Crippen LogP contribution is 2.64. The number of carboxylic acids is 2. The van der Waals surface area contributed by atoms with Crippen molar-refractivity contribution in [3.63, 3.8) is 0 Å². The van der Waals surface area contributed by atoms with E-state index in [0.29, 0.717) is 0 Å². The van der Waals surface area contributed by atoms with E-state index < -0.39 is 35.4 Å². The van der Waals surface area contributed by atoms with Crippen LogP contribution in [0.15, 0.2) is 17.8 Å². The van der Waals surface area contributed by atoms with Crippen molar-refractivity contribution in [3.05, 3.63) is 23.1 Å². The fourth-order valence-electron chi connectivity index (χ4n) is 3.15. The Balaban J connectivity index is 2.35. The van der Waals surface area contributed by atoms with Crippen LogP contribution in [0.3, 0.4) is 0 Å². The van der Waals surface area contributed by atoms with E-state index in [1.165, 1.54) is 6.08 Å². The van der Waals surface area contributed by atoms with Crippen molar-refractivity contribution >= 4 is 11.9 Å². The van der Waals surface area contributed by atoms with Crippen molar-refractivity contribution in [1.29, 1.82) is 0 Å². The van der Waals surface area contributed by atoms with Gasteiger partial charge in [0, 0.05) is 10.8 Å². The largest absolute Gasteiger partial charge is 0.481 e. The Kier molecular flexibility index (Phi) is 3.21. The van der Waals surface area contributed by atoms with Gasteiger partial charge in [0.25, 0.3) is 0 Å². The lowest BCUT2D eigenvalue weighted by Gasteiger charge is -2.29. The molecule has 0 spiro atoms. The molecule has 8 heteroatoms. The molecule has 2 saturated carbocycles. The van der Waals surface area contributed by atoms with Gasteiger partial charge >= 0.3 is 11.9 Å². The average Bonchev–Trinajstić information content (AvgIpc) is 2.98. The Hall–Kier alpha value is -2.05. The van der Waals surface area contributed by atoms with Crippen molar-refractivity contribution in [3.8, 4) is 0 Å². The lowest BCUT2D eigenvalue weighted by Crippen LogP contribution is -2.49. The van der Waals surface area contributed by atoms with Gasteiger partial charge in [0.1, 0.15) is 0 Å². The van der Waals surface area contributed by atoms with Crippen LogP contribution in [0, 0.1) is 17.8 Å². The molecule has 0 unspecified atom stereocenters. The van der Waals surface area contributed by atoms with Crippen LogP contribution < -0.4 is 0 Å². The van der Waals surface area contributed by atoms with Crippen LogP contribution in [-0.2, 0) is 14.3 Å². The summed E-state index contributed by atoms with van der Waals surface area (Å²) in [5.74, 6) is -4.18. The van der Waals surface area contributed by atoms with Crippen LogP contribution in [-0.4, -0.2) is 40.4 Å². The summed E-state index contributed by atoms with van der Waals surface area (Å²) < 4.78 is 5.35. The first-order valence-electron chi connectivity index (χ1n) is 5.75. The number of carboxylic acid groups (broad SMARTS) is 2. The second-order valence-electron chi connectivity index (χ2n) is 4.72. The number of rotatable bonds is 6. The van der Waals surface area contributed by atoms with Gasteiger partial charge in [-0.15, -0.1) is 6.58 Å². The SMILES string of the molecule is C=CCO[C@@H]1C[C@H]2[C@H](C(=O)O)[C@H]2[C@]1(N=[N+]=[N-])C(=O)O. The summed E-state index contributed by atoms with van der Waals surface area (Å²) in [5.41, 5.74) is 6.79. The molecule has 0 aliphatic heterocycles. The number of carbonyl (C=O) groups is 2. The van der Waals surface area contributed by atoms with Crippen molar-refractivity contribution in [1.82, 2.24) is 0 Å². The van der Waals surface area contributed by atoms with E-state index in [-0.39, 0.29) is 18.9 Å². The van der Waals surface area contributed by atoms with Crippen LogP contribution in [0.2, 0.25) is 0 Å². The molecule has 0 aromatic rings. The fourth-order valence-corrected chi connectivity index (χ4v) is 3.15. The maximum Gasteiger partial charge on any atom is 0.318 e. The van der Waals surface area contributed by atoms with Gasteiger partial charge in [-0.05, 0) is 17.9 Å². The molecule has 2 rings (SSSR count). The third-order valence-corrected chi connectivity index (χ3v) is 3.91. The smallest absolute Gasteiger partial charge is 0.318 e. The molecule has 2 aliphatic rings. The summed E-state index contributed by atoms with van der Waals surface area (Å²) in [6.07, 6.45) is 0.909. The number of ether oxygens (including phenoxy) is 1. The molecule has 0 aromatic heterocycles. The zero-order chi connectivity index (χ0) is 14.2. The Bertz CT molecular complexity index is 483. The number of hydrogen-bond donors (Lipinski definition) is 2. The third-order valence-electron chi connectivity index (χ3n) is 3.91. The Labute approximate surface area is 108 Å². The lowest BCUT2D eigenvalue weighted by molar-refractivity contribution is -0.151. The first-order chi connectivity index (χ1) is 9.00. The summed E-state index contributed by atoms with van der Waals surface area (Å²) in [5, 5.41) is 21.8. The van der Waals surface area contributed by atoms with E-state index in [1.54, 1.807) is 0 Å². The van der Waals surface area contributed by atoms with Gasteiger partial charge in [0.15, 0.2) is 5.54 Å². The number of azide groups is 1. The van der Waals surface area contributed by atoms with Crippen LogP contribution in [0.4, 0.5) is 0 Å². The van der Waals surface area contributed by atoms with Crippen LogP contribution in [0.1, 0.15) is 6.42 Å². The van der Waals surface area contributed by atoms with Crippen molar-refractivity contribution < 1.29 is 24.5 Å². The molecule has 0 amide bonds. The molecule has 2 N–H and O–H groups in total. The fraction of sp³-hybridized carbons (Fsp3) is 0.636. The highest BCUT2D eigenvalue weighted by Gasteiger charge is 2.75. The minimum Gasteiger partial charge on any atom is -0.481 e. The minimum atomic E-state index is -1.83. The van der Waals surface area contributed by atoms with Gasteiger partial charge in [-0.1, -0.05) is 11.2 Å². The lowest BCUT2D eigenvalue weighted by atomic mass is 9.88. The van der Waals surface area contributed by atoms with Gasteiger partial charge in [-0.2, -0.15) is 0 Å². The van der Waals surface area contributed by atoms with Crippen molar-refractivity contribution in [2.75, 3.05) is 6.61 Å². The van der Waals surface area contributed by atoms with Crippen molar-refractivity contribution in [2.45, 2.75) is 18.1 Å². The molecular weight excluding hydrogens is 254 g/mol. The van der Waals surface area contributed by atoms with E-state index in [9.17, 15) is 14.7 Å². The van der Waals surface area contributed by atoms with E-state index in [2.05, 4.69) is 16.6 Å². The summed E-state index contributed by atoms with van der Waals surface area (Å²) >= 11 is 0. The van der Waals surface area contributed by atoms with E-state index in [1.807, 2.05) is 0 Å². The van der Waals surface area contributed by atoms with E-state index in [0.717, 1.165) is 0 Å². The molecule has 8 nitrogen and oxygen atoms in total. The molecule has 0 heterocycles. The Morgan fingerprint density at radius 3 is 2.74 bits per heavy atom. The number of hydrogen-bond acceptors (Lipinski definition) is 4. The highest BCUT2D eigenvalue weighted by molar-refractivity contribution is 5.86. The summed E-state index contributed by atoms with van der Waals surface area (Å²) in [6.45, 7) is 3.59. The van der Waals surface area contributed by atoms with Crippen LogP contribution in [0.25, 0.3) is 10.4 Å². The molecule has 0 aromatic carbocycles. The minimum absolute atomic E-state index is 0.123. The molecule has 0 radical (unpaired) electrons. The average molecular weight is 267 g/mol. The Morgan fingerprint density at radius 1 is 1.58 bits per heavy atom. The van der Waals surface area contributed by atoms with Gasteiger partial charge in [0.2, 0.25) is 0 Å². The van der Waals surface area contributed by atoms with Crippen LogP contribution in [0.5, 0.6) is 0 Å². The molecule has 5 atom stereocenters. The predicted octanol–water partition coefficient (Wildman–Crippen LogP) is 1.04. The molecular formula is C11H13N3O5. The normalized spacial score (nSPS) is 38.9. The molecule has 2 aliphatic carbocycles. The highest BCUT2D eigenvalue weighted by atomic mass is 16.5. The third kappa shape index (κ3) is 1.76. The monoisotopic (exact) mass is 267 g/mol. The van der Waals surface area contributed by atoms with E-state index in [4.69, 9.17) is 15.4 Å². The summed E-state index contributed by atoms with van der Waals surface area (Å²) in [6, 6.07) is 0. The predicted molar refractivity (Wildman–Crippen MR) is 62.2 cm³/mol. The maximum absolute atomic E-state index is 11.5. The quantitative estimate of drug-likeness (QED) is 0.321. The van der Waals surface area contributed by atoms with E-state index >= 15 is 0 Å². The van der Waals surface area contributed by atoms with Gasteiger partial charge in [0.05, 0.1) is 18.6 Å². The summed E-state index contributed by atoms with van der Waals surface area (Å²) in [4.78, 5) is 25.1. The molecule has 19 heavy (non-hydrogen) atoms. The zero-order valence-corrected chi connectivity index (χ0v) is 9.97. The topological polar surface area (TPSA) is 133 Å². The first kappa shape index (κ1) is 13.4. The summed E-state index contributed by atoms with van der Waals surface area (Å²) in [7, 11) is 0. The Morgan fingerprint density at radius 2 is 2.26 bits per heavy atom. The number of nitrogens with zero attached hydrogens (tertiary/aromatic N) is 3. The van der Waals surface area contributed by atoms with Gasteiger partial charge < -0.3 is 14.9 Å². The second-order valence-corrected chi connectivity index (χ2v) is 4.72. The molecule has 0 saturated heterocycles. The van der Waals surface area contributed by atoms with Gasteiger partial charge in [-0.25, -0.2) is 0 Å². The second kappa shape index (κ2) is 4.56.